The van der Waals surface area contributed by atoms with Crippen molar-refractivity contribution in [1.29, 1.82) is 0 Å². The van der Waals surface area contributed by atoms with E-state index in [1.807, 2.05) is 25.6 Å². The SMILES string of the molecule is Cc1cc(CNC(C)(C)C(C)Cl)n(C)n1. The summed E-state index contributed by atoms with van der Waals surface area (Å²) in [6.07, 6.45) is 0. The van der Waals surface area contributed by atoms with E-state index in [1.165, 1.54) is 5.69 Å². The van der Waals surface area contributed by atoms with E-state index in [1.54, 1.807) is 0 Å². The lowest BCUT2D eigenvalue weighted by Gasteiger charge is -2.29. The molecule has 0 radical (unpaired) electrons. The Morgan fingerprint density at radius 3 is 2.60 bits per heavy atom. The van der Waals surface area contributed by atoms with Crippen LogP contribution >= 0.6 is 11.6 Å². The summed E-state index contributed by atoms with van der Waals surface area (Å²) in [5, 5.41) is 7.83. The van der Waals surface area contributed by atoms with Crippen molar-refractivity contribution >= 4 is 11.6 Å². The number of aryl methyl sites for hydroxylation is 2. The number of hydrogen-bond donors (Lipinski definition) is 1. The van der Waals surface area contributed by atoms with Crippen molar-refractivity contribution in [2.75, 3.05) is 0 Å². The molecule has 1 unspecified atom stereocenters. The minimum atomic E-state index is -0.0697. The zero-order valence-electron chi connectivity index (χ0n) is 10.1. The molecule has 3 nitrogen and oxygen atoms in total. The lowest BCUT2D eigenvalue weighted by molar-refractivity contribution is 0.374. The van der Waals surface area contributed by atoms with Gasteiger partial charge in [0.15, 0.2) is 0 Å². The normalized spacial score (nSPS) is 14.3. The standard InChI is InChI=1S/C11H20ClN3/c1-8-6-10(15(5)14-8)7-13-11(3,4)9(2)12/h6,9,13H,7H2,1-5H3. The molecule has 0 bridgehead atoms. The van der Waals surface area contributed by atoms with E-state index in [4.69, 9.17) is 11.6 Å². The average molecular weight is 230 g/mol. The van der Waals surface area contributed by atoms with Crippen LogP contribution in [0.2, 0.25) is 0 Å². The Balaban J connectivity index is 2.61. The minimum absolute atomic E-state index is 0.0697. The van der Waals surface area contributed by atoms with Gasteiger partial charge in [0.2, 0.25) is 0 Å². The lowest BCUT2D eigenvalue weighted by atomic mass is 10.0. The summed E-state index contributed by atoms with van der Waals surface area (Å²) in [5.74, 6) is 0. The van der Waals surface area contributed by atoms with Crippen molar-refractivity contribution in [1.82, 2.24) is 15.1 Å². The number of aromatic nitrogens is 2. The second-order valence-corrected chi connectivity index (χ2v) is 5.25. The Morgan fingerprint density at radius 1 is 1.60 bits per heavy atom. The first kappa shape index (κ1) is 12.5. The molecule has 0 aromatic carbocycles. The van der Waals surface area contributed by atoms with Crippen LogP contribution in [0.4, 0.5) is 0 Å². The molecule has 1 aromatic rings. The largest absolute Gasteiger partial charge is 0.305 e. The predicted molar refractivity (Wildman–Crippen MR) is 64.2 cm³/mol. The molecular weight excluding hydrogens is 210 g/mol. The van der Waals surface area contributed by atoms with Crippen LogP contribution in [0.1, 0.15) is 32.2 Å². The number of hydrogen-bond acceptors (Lipinski definition) is 2. The van der Waals surface area contributed by atoms with Gasteiger partial charge < -0.3 is 5.32 Å². The molecule has 1 heterocycles. The van der Waals surface area contributed by atoms with Gasteiger partial charge in [0.1, 0.15) is 0 Å². The molecule has 1 rings (SSSR count). The van der Waals surface area contributed by atoms with Crippen molar-refractivity contribution in [2.24, 2.45) is 7.05 Å². The van der Waals surface area contributed by atoms with Gasteiger partial charge in [-0.05, 0) is 33.8 Å². The predicted octanol–water partition coefficient (Wildman–Crippen LogP) is 2.22. The zero-order chi connectivity index (χ0) is 11.6. The highest BCUT2D eigenvalue weighted by Crippen LogP contribution is 2.15. The van der Waals surface area contributed by atoms with Crippen LogP contribution in [-0.4, -0.2) is 20.7 Å². The first-order valence-corrected chi connectivity index (χ1v) is 5.65. The molecule has 0 aliphatic carbocycles. The van der Waals surface area contributed by atoms with Crippen LogP contribution in [0, 0.1) is 6.92 Å². The maximum atomic E-state index is 6.10. The van der Waals surface area contributed by atoms with Crippen LogP contribution in [-0.2, 0) is 13.6 Å². The van der Waals surface area contributed by atoms with Crippen LogP contribution in [0.15, 0.2) is 6.07 Å². The Hall–Kier alpha value is -0.540. The highest BCUT2D eigenvalue weighted by atomic mass is 35.5. The first-order valence-electron chi connectivity index (χ1n) is 5.21. The van der Waals surface area contributed by atoms with E-state index in [0.29, 0.717) is 0 Å². The Morgan fingerprint density at radius 2 is 2.20 bits per heavy atom. The quantitative estimate of drug-likeness (QED) is 0.803. The van der Waals surface area contributed by atoms with E-state index >= 15 is 0 Å². The van der Waals surface area contributed by atoms with Gasteiger partial charge >= 0.3 is 0 Å². The third kappa shape index (κ3) is 3.21. The summed E-state index contributed by atoms with van der Waals surface area (Å²) in [7, 11) is 1.96. The molecule has 1 atom stereocenters. The van der Waals surface area contributed by atoms with E-state index in [9.17, 15) is 0 Å². The maximum Gasteiger partial charge on any atom is 0.0597 e. The zero-order valence-corrected chi connectivity index (χ0v) is 10.9. The second-order valence-electron chi connectivity index (χ2n) is 4.59. The molecule has 0 spiro atoms. The van der Waals surface area contributed by atoms with Crippen LogP contribution < -0.4 is 5.32 Å². The highest BCUT2D eigenvalue weighted by Gasteiger charge is 2.23. The van der Waals surface area contributed by atoms with Crippen LogP contribution in [0.25, 0.3) is 0 Å². The molecule has 1 aromatic heterocycles. The summed E-state index contributed by atoms with van der Waals surface area (Å²) in [6.45, 7) is 9.01. The molecule has 0 amide bonds. The minimum Gasteiger partial charge on any atom is -0.305 e. The number of rotatable bonds is 4. The summed E-state index contributed by atoms with van der Waals surface area (Å²) < 4.78 is 1.90. The Labute approximate surface area is 96.8 Å². The molecule has 1 N–H and O–H groups in total. The third-order valence-electron chi connectivity index (χ3n) is 2.82. The molecule has 0 fully saturated rings. The Bertz CT molecular complexity index is 329. The summed E-state index contributed by atoms with van der Waals surface area (Å²) in [5.41, 5.74) is 2.16. The smallest absolute Gasteiger partial charge is 0.0597 e. The van der Waals surface area contributed by atoms with E-state index in [0.717, 1.165) is 12.2 Å². The number of halogens is 1. The molecule has 86 valence electrons. The van der Waals surface area contributed by atoms with Crippen molar-refractivity contribution in [3.05, 3.63) is 17.5 Å². The third-order valence-corrected chi connectivity index (χ3v) is 3.36. The molecule has 0 saturated carbocycles. The lowest BCUT2D eigenvalue weighted by Crippen LogP contribution is -2.45. The number of alkyl halides is 1. The molecule has 0 saturated heterocycles. The highest BCUT2D eigenvalue weighted by molar-refractivity contribution is 6.21. The van der Waals surface area contributed by atoms with Gasteiger partial charge in [0, 0.05) is 24.5 Å². The number of nitrogens with zero attached hydrogens (tertiary/aromatic N) is 2. The summed E-state index contributed by atoms with van der Waals surface area (Å²) in [6, 6.07) is 2.09. The van der Waals surface area contributed by atoms with Crippen molar-refractivity contribution in [3.63, 3.8) is 0 Å². The monoisotopic (exact) mass is 229 g/mol. The van der Waals surface area contributed by atoms with Gasteiger partial charge in [-0.3, -0.25) is 4.68 Å². The van der Waals surface area contributed by atoms with Crippen molar-refractivity contribution in [2.45, 2.75) is 45.2 Å². The fraction of sp³-hybridized carbons (Fsp3) is 0.727. The molecule has 0 aliphatic heterocycles. The van der Waals surface area contributed by atoms with Gasteiger partial charge in [-0.1, -0.05) is 0 Å². The van der Waals surface area contributed by atoms with Gasteiger partial charge in [-0.25, -0.2) is 0 Å². The van der Waals surface area contributed by atoms with E-state index in [2.05, 4.69) is 30.3 Å². The van der Waals surface area contributed by atoms with Crippen LogP contribution in [0.5, 0.6) is 0 Å². The Kier molecular flexibility index (Phi) is 3.79. The second kappa shape index (κ2) is 4.54. The fourth-order valence-corrected chi connectivity index (χ4v) is 1.37. The molecular formula is C11H20ClN3. The molecule has 0 aliphatic rings. The van der Waals surface area contributed by atoms with Crippen molar-refractivity contribution < 1.29 is 0 Å². The van der Waals surface area contributed by atoms with Gasteiger partial charge in [0.05, 0.1) is 11.4 Å². The van der Waals surface area contributed by atoms with Gasteiger partial charge in [-0.2, -0.15) is 5.10 Å². The molecule has 15 heavy (non-hydrogen) atoms. The van der Waals surface area contributed by atoms with Crippen LogP contribution in [0.3, 0.4) is 0 Å². The van der Waals surface area contributed by atoms with E-state index in [-0.39, 0.29) is 10.9 Å². The maximum absolute atomic E-state index is 6.10. The van der Waals surface area contributed by atoms with Crippen molar-refractivity contribution in [3.8, 4) is 0 Å². The summed E-state index contributed by atoms with van der Waals surface area (Å²) >= 11 is 6.10. The van der Waals surface area contributed by atoms with E-state index < -0.39 is 0 Å². The number of nitrogens with one attached hydrogen (secondary N) is 1. The van der Waals surface area contributed by atoms with Gasteiger partial charge in [0.25, 0.3) is 0 Å². The summed E-state index contributed by atoms with van der Waals surface area (Å²) in [4.78, 5) is 0. The first-order chi connectivity index (χ1) is 6.83. The topological polar surface area (TPSA) is 29.9 Å². The van der Waals surface area contributed by atoms with Gasteiger partial charge in [-0.15, -0.1) is 11.6 Å². The average Bonchev–Trinajstić information content (AvgIpc) is 2.41. The fourth-order valence-electron chi connectivity index (χ4n) is 1.29. The molecule has 4 heteroatoms.